The smallest absolute Gasteiger partial charge is 0.234 e. The van der Waals surface area contributed by atoms with Crippen LogP contribution in [0.3, 0.4) is 0 Å². The Labute approximate surface area is 292 Å². The van der Waals surface area contributed by atoms with Crippen LogP contribution in [0.15, 0.2) is 15.3 Å². The summed E-state index contributed by atoms with van der Waals surface area (Å²) < 4.78 is 0. The van der Waals surface area contributed by atoms with Crippen molar-refractivity contribution >= 4 is 23.6 Å². The number of nitrogens with two attached hydrogens (primary N) is 1. The van der Waals surface area contributed by atoms with Gasteiger partial charge in [0.05, 0.1) is 26.2 Å². The highest BCUT2D eigenvalue weighted by atomic mass is 16.2. The topological polar surface area (TPSA) is 302 Å². The molecule has 1 heterocycles. The minimum Gasteiger partial charge on any atom is -0.355 e. The Morgan fingerprint density at radius 2 is 0.720 bits per heavy atom. The van der Waals surface area contributed by atoms with E-state index in [1.165, 1.54) is 0 Å². The van der Waals surface area contributed by atoms with E-state index in [0.29, 0.717) is 111 Å². The van der Waals surface area contributed by atoms with E-state index >= 15 is 0 Å². The van der Waals surface area contributed by atoms with Gasteiger partial charge in [0.15, 0.2) is 0 Å². The van der Waals surface area contributed by atoms with Gasteiger partial charge in [-0.3, -0.25) is 38.8 Å². The summed E-state index contributed by atoms with van der Waals surface area (Å²) in [6.07, 6.45) is 2.19. The van der Waals surface area contributed by atoms with Gasteiger partial charge in [-0.05, 0) is 48.8 Å². The Kier molecular flexibility index (Phi) is 25.8. The van der Waals surface area contributed by atoms with Gasteiger partial charge in [0.2, 0.25) is 23.6 Å². The normalized spacial score (nSPS) is 15.1. The van der Waals surface area contributed by atoms with Crippen molar-refractivity contribution in [2.24, 2.45) is 21.1 Å². The average molecular weight is 707 g/mol. The van der Waals surface area contributed by atoms with Crippen molar-refractivity contribution in [3.63, 3.8) is 0 Å². The number of nitrogens with zero attached hydrogens (tertiary/aromatic N) is 13. The third-order valence-electron chi connectivity index (χ3n) is 7.56. The lowest BCUT2D eigenvalue weighted by Gasteiger charge is -2.33. The zero-order valence-corrected chi connectivity index (χ0v) is 29.0. The van der Waals surface area contributed by atoms with E-state index in [2.05, 4.69) is 51.3 Å². The molecule has 22 nitrogen and oxygen atoms in total. The van der Waals surface area contributed by atoms with E-state index in [1.807, 2.05) is 19.6 Å². The Balaban J connectivity index is 3.07. The SMILES string of the molecule is [N-]=[N+]=NCCCNC(=O)CN1CCN(CC(=O)NCCCN)CCN(CC(=O)NCCCN=[N+]=[N-])CCN(CC(=O)NCCCN=[N+]=[N-])CC1. The second-order valence-corrected chi connectivity index (χ2v) is 11.6. The zero-order chi connectivity index (χ0) is 36.7. The molecule has 0 aromatic heterocycles. The van der Waals surface area contributed by atoms with Crippen molar-refractivity contribution in [3.05, 3.63) is 31.3 Å². The molecule has 0 aromatic rings. The maximum atomic E-state index is 12.8. The molecule has 280 valence electrons. The average Bonchev–Trinajstić information content (AvgIpc) is 3.09. The van der Waals surface area contributed by atoms with Crippen LogP contribution in [-0.2, 0) is 19.2 Å². The van der Waals surface area contributed by atoms with Crippen LogP contribution in [0.2, 0.25) is 0 Å². The summed E-state index contributed by atoms with van der Waals surface area (Å²) in [5, 5.41) is 21.9. The summed E-state index contributed by atoms with van der Waals surface area (Å²) in [6.45, 7) is 6.98. The number of azide groups is 3. The number of amides is 4. The molecule has 0 aliphatic carbocycles. The predicted octanol–water partition coefficient (Wildman–Crippen LogP) is -0.877. The van der Waals surface area contributed by atoms with Crippen LogP contribution in [0, 0.1) is 0 Å². The van der Waals surface area contributed by atoms with Gasteiger partial charge in [0, 0.05) is 113 Å². The second kappa shape index (κ2) is 29.5. The van der Waals surface area contributed by atoms with Crippen LogP contribution < -0.4 is 27.0 Å². The highest BCUT2D eigenvalue weighted by molar-refractivity contribution is 5.79. The van der Waals surface area contributed by atoms with E-state index in [-0.39, 0.29) is 69.4 Å². The highest BCUT2D eigenvalue weighted by Gasteiger charge is 2.21. The maximum Gasteiger partial charge on any atom is 0.234 e. The zero-order valence-electron chi connectivity index (χ0n) is 29.0. The summed E-state index contributed by atoms with van der Waals surface area (Å²) in [4.78, 5) is 67.4. The first-order chi connectivity index (χ1) is 24.3. The van der Waals surface area contributed by atoms with Gasteiger partial charge >= 0.3 is 0 Å². The molecule has 0 spiro atoms. The van der Waals surface area contributed by atoms with Crippen molar-refractivity contribution < 1.29 is 19.2 Å². The van der Waals surface area contributed by atoms with E-state index in [0.717, 1.165) is 0 Å². The largest absolute Gasteiger partial charge is 0.355 e. The van der Waals surface area contributed by atoms with Crippen LogP contribution in [0.1, 0.15) is 25.7 Å². The summed E-state index contributed by atoms with van der Waals surface area (Å²) in [7, 11) is 0. The molecular weight excluding hydrogens is 652 g/mol. The molecule has 6 N–H and O–H groups in total. The third-order valence-corrected chi connectivity index (χ3v) is 7.56. The number of hydrogen-bond donors (Lipinski definition) is 5. The number of carbonyl (C=O) groups is 4. The fraction of sp³-hybridized carbons (Fsp3) is 0.857. The van der Waals surface area contributed by atoms with Gasteiger partial charge in [0.25, 0.3) is 0 Å². The van der Waals surface area contributed by atoms with Gasteiger partial charge in [-0.25, -0.2) is 0 Å². The fourth-order valence-corrected chi connectivity index (χ4v) is 4.84. The summed E-state index contributed by atoms with van der Waals surface area (Å²) in [5.41, 5.74) is 31.0. The molecule has 0 unspecified atom stereocenters. The van der Waals surface area contributed by atoms with Crippen LogP contribution in [0.25, 0.3) is 31.3 Å². The highest BCUT2D eigenvalue weighted by Crippen LogP contribution is 2.02. The number of rotatable bonds is 23. The molecule has 1 aliphatic heterocycles. The molecular formula is C28H54N18O4. The van der Waals surface area contributed by atoms with Crippen molar-refractivity contribution in [1.82, 2.24) is 40.9 Å². The third kappa shape index (κ3) is 23.9. The number of carbonyl (C=O) groups excluding carboxylic acids is 4. The number of hydrogen-bond acceptors (Lipinski definition) is 12. The van der Waals surface area contributed by atoms with Gasteiger partial charge < -0.3 is 27.0 Å². The standard InChI is InChI=1S/C28H54N18O4/c29-5-1-6-33-25(47)21-43-13-15-44(22-26(48)34-7-2-10-37-40-30)17-19-46(24-28(50)36-9-4-12-39-42-32)20-18-45(16-14-43)23-27(49)35-8-3-11-38-41-31/h1-24,29H2,(H,33,47)(H,34,48)(H,35,49)(H,36,50). The first-order valence-electron chi connectivity index (χ1n) is 17.0. The summed E-state index contributed by atoms with van der Waals surface area (Å²) >= 11 is 0. The van der Waals surface area contributed by atoms with E-state index < -0.39 is 0 Å². The Morgan fingerprint density at radius 3 is 0.940 bits per heavy atom. The monoisotopic (exact) mass is 706 g/mol. The van der Waals surface area contributed by atoms with Crippen molar-refractivity contribution in [1.29, 1.82) is 0 Å². The maximum absolute atomic E-state index is 12.8. The first kappa shape index (κ1) is 43.6. The van der Waals surface area contributed by atoms with Crippen molar-refractivity contribution in [2.45, 2.75) is 25.7 Å². The Bertz CT molecular complexity index is 1100. The molecule has 0 atom stereocenters. The Morgan fingerprint density at radius 1 is 0.480 bits per heavy atom. The molecule has 1 rings (SSSR count). The molecule has 1 saturated heterocycles. The molecule has 0 saturated carbocycles. The van der Waals surface area contributed by atoms with Gasteiger partial charge in [0.1, 0.15) is 0 Å². The van der Waals surface area contributed by atoms with Crippen LogP contribution in [-0.4, -0.2) is 174 Å². The molecule has 22 heteroatoms. The molecule has 4 amide bonds. The predicted molar refractivity (Wildman–Crippen MR) is 187 cm³/mol. The van der Waals surface area contributed by atoms with E-state index in [4.69, 9.17) is 22.3 Å². The Hall–Kier alpha value is -4.39. The second-order valence-electron chi connectivity index (χ2n) is 11.6. The van der Waals surface area contributed by atoms with E-state index in [9.17, 15) is 19.2 Å². The van der Waals surface area contributed by atoms with Gasteiger partial charge in [-0.15, -0.1) is 0 Å². The molecule has 50 heavy (non-hydrogen) atoms. The van der Waals surface area contributed by atoms with Crippen LogP contribution in [0.4, 0.5) is 0 Å². The molecule has 0 bridgehead atoms. The molecule has 1 aliphatic rings. The quantitative estimate of drug-likeness (QED) is 0.0381. The lowest BCUT2D eigenvalue weighted by atomic mass is 10.3. The lowest BCUT2D eigenvalue weighted by molar-refractivity contribution is -0.125. The summed E-state index contributed by atoms with van der Waals surface area (Å²) in [5.74, 6) is -0.718. The van der Waals surface area contributed by atoms with Gasteiger partial charge in [-0.2, -0.15) is 0 Å². The minimum atomic E-state index is -0.196. The van der Waals surface area contributed by atoms with Crippen molar-refractivity contribution in [2.75, 3.05) is 131 Å². The van der Waals surface area contributed by atoms with Crippen LogP contribution >= 0.6 is 0 Å². The first-order valence-corrected chi connectivity index (χ1v) is 17.0. The molecule has 0 aromatic carbocycles. The van der Waals surface area contributed by atoms with Gasteiger partial charge in [-0.1, -0.05) is 15.3 Å². The number of nitrogens with one attached hydrogen (secondary N) is 4. The lowest BCUT2D eigenvalue weighted by Crippen LogP contribution is -2.51. The van der Waals surface area contributed by atoms with Crippen LogP contribution in [0.5, 0.6) is 0 Å². The summed E-state index contributed by atoms with van der Waals surface area (Å²) in [6, 6.07) is 0. The van der Waals surface area contributed by atoms with E-state index in [1.54, 1.807) is 0 Å². The molecule has 0 radical (unpaired) electrons. The van der Waals surface area contributed by atoms with Crippen molar-refractivity contribution in [3.8, 4) is 0 Å². The minimum absolute atomic E-state index is 0.0928. The molecule has 1 fully saturated rings. The fourth-order valence-electron chi connectivity index (χ4n) is 4.84.